The highest BCUT2D eigenvalue weighted by Crippen LogP contribution is 2.40. The summed E-state index contributed by atoms with van der Waals surface area (Å²) in [4.78, 5) is 0. The standard InChI is InChI=1S/5C25H20.C19H16/c1-19-7-5-10-23(17-19)25-12-6-11-24(18-25)22-15-13-21(14-16-22)20-8-3-2-4-9-20;1-19-8-7-11-23(18-19)25-13-6-5-12-24(25)22-16-14-21(15-17-22)20-9-3-2-4-10-20;1-19-8-5-6-13-25(19)24-12-7-11-23(18-24)22-16-14-21(15-17-22)20-9-3-2-4-10-20;1-19-11-13-22(14-12-19)24-9-5-6-10-25(24)23-17-15-21(16-18-23)20-7-3-2-4-8-20;1-19-10-12-22(13-11-19)24-8-5-9-25(18-24)23-16-14-21(15-17-23)20-6-3-2-4-7-20;1-15-18(16-9-4-2-5-10-16)13-8-14-19(15)17-11-6-3-7-12-17/h5*2-18H,1H3;2-14H,1H3. The molecular weight excluding hydrogens is 1730 g/mol. The van der Waals surface area contributed by atoms with Crippen molar-refractivity contribution in [2.75, 3.05) is 0 Å². The van der Waals surface area contributed by atoms with E-state index >= 15 is 0 Å². The Morgan fingerprint density at radius 1 is 0.0833 bits per heavy atom. The molecule has 23 aromatic carbocycles. The number of benzene rings is 23. The molecule has 23 rings (SSSR count). The number of hydrogen-bond donors (Lipinski definition) is 0. The molecule has 0 saturated carbocycles. The van der Waals surface area contributed by atoms with Crippen molar-refractivity contribution in [2.45, 2.75) is 41.5 Å². The van der Waals surface area contributed by atoms with E-state index in [1.165, 1.54) is 223 Å². The molecule has 23 aromatic rings. The van der Waals surface area contributed by atoms with Gasteiger partial charge in [0.05, 0.1) is 0 Å². The van der Waals surface area contributed by atoms with Crippen LogP contribution in [0.5, 0.6) is 0 Å². The van der Waals surface area contributed by atoms with Gasteiger partial charge in [0.15, 0.2) is 0 Å². The van der Waals surface area contributed by atoms with E-state index in [0.717, 1.165) is 0 Å². The third kappa shape index (κ3) is 25.2. The molecule has 0 aromatic heterocycles. The van der Waals surface area contributed by atoms with Crippen LogP contribution in [-0.2, 0) is 0 Å². The predicted molar refractivity (Wildman–Crippen MR) is 619 cm³/mol. The van der Waals surface area contributed by atoms with Crippen LogP contribution in [0.25, 0.3) is 189 Å². The average Bonchev–Trinajstić information content (AvgIpc) is 0.811. The molecule has 0 bridgehead atoms. The normalized spacial score (nSPS) is 10.6. The van der Waals surface area contributed by atoms with Crippen LogP contribution in [0.3, 0.4) is 0 Å². The maximum absolute atomic E-state index is 2.28. The first-order valence-electron chi connectivity index (χ1n) is 49.7. The van der Waals surface area contributed by atoms with E-state index < -0.39 is 0 Å². The van der Waals surface area contributed by atoms with Gasteiger partial charge in [-0.1, -0.05) is 599 Å². The molecule has 0 amide bonds. The second-order valence-electron chi connectivity index (χ2n) is 36.5. The molecule has 0 aliphatic rings. The van der Waals surface area contributed by atoms with Gasteiger partial charge in [-0.15, -0.1) is 0 Å². The SMILES string of the molecule is Cc1c(-c2ccccc2)cccc1-c1ccccc1.Cc1ccc(-c2cccc(-c3ccc(-c4ccccc4)cc3)c2)cc1.Cc1ccc(-c2ccccc2-c2ccc(-c3ccccc3)cc2)cc1.Cc1cccc(-c2cccc(-c3ccc(-c4ccccc4)cc3)c2)c1.Cc1cccc(-c2ccccc2-c2ccc(-c3ccccc3)cc2)c1.Cc1ccccc1-c1cccc(-c2ccc(-c3ccccc3)cc2)c1. The van der Waals surface area contributed by atoms with Crippen molar-refractivity contribution in [2.24, 2.45) is 0 Å². The minimum atomic E-state index is 1.24. The number of rotatable bonds is 17. The molecule has 0 spiro atoms. The first-order chi connectivity index (χ1) is 70.9. The number of hydrogen-bond acceptors (Lipinski definition) is 0. The summed E-state index contributed by atoms with van der Waals surface area (Å²) in [6.07, 6.45) is 0. The summed E-state index contributed by atoms with van der Waals surface area (Å²) in [7, 11) is 0. The molecule has 0 atom stereocenters. The molecule has 0 nitrogen and oxygen atoms in total. The molecule has 0 unspecified atom stereocenters. The Kier molecular flexibility index (Phi) is 32.2. The van der Waals surface area contributed by atoms with Crippen LogP contribution in [0.2, 0.25) is 0 Å². The summed E-state index contributed by atoms with van der Waals surface area (Å²) in [5.41, 5.74) is 50.6. The highest BCUT2D eigenvalue weighted by Gasteiger charge is 2.15. The van der Waals surface area contributed by atoms with Gasteiger partial charge in [0.2, 0.25) is 0 Å². The van der Waals surface area contributed by atoms with Gasteiger partial charge >= 0.3 is 0 Å². The Hall–Kier alpha value is -17.9. The lowest BCUT2D eigenvalue weighted by Crippen LogP contribution is -1.87. The van der Waals surface area contributed by atoms with Crippen molar-refractivity contribution < 1.29 is 0 Å². The van der Waals surface area contributed by atoms with E-state index in [1.54, 1.807) is 0 Å². The van der Waals surface area contributed by atoms with Crippen molar-refractivity contribution in [3.8, 4) is 189 Å². The molecule has 0 N–H and O–H groups in total. The molecule has 0 heteroatoms. The van der Waals surface area contributed by atoms with Crippen LogP contribution in [0.15, 0.2) is 595 Å². The van der Waals surface area contributed by atoms with Crippen molar-refractivity contribution in [1.82, 2.24) is 0 Å². The fourth-order valence-corrected chi connectivity index (χ4v) is 18.5. The van der Waals surface area contributed by atoms with E-state index in [4.69, 9.17) is 0 Å². The van der Waals surface area contributed by atoms with Gasteiger partial charge in [-0.25, -0.2) is 0 Å². The van der Waals surface area contributed by atoms with E-state index in [2.05, 4.69) is 636 Å². The van der Waals surface area contributed by atoms with Gasteiger partial charge < -0.3 is 0 Å². The van der Waals surface area contributed by atoms with Crippen LogP contribution < -0.4 is 0 Å². The van der Waals surface area contributed by atoms with Gasteiger partial charge in [-0.3, -0.25) is 0 Å². The second-order valence-corrected chi connectivity index (χ2v) is 36.5. The molecule has 0 radical (unpaired) electrons. The zero-order valence-corrected chi connectivity index (χ0v) is 82.6. The summed E-state index contributed by atoms with van der Waals surface area (Å²) in [5, 5.41) is 0. The highest BCUT2D eigenvalue weighted by molar-refractivity contribution is 5.88. The van der Waals surface area contributed by atoms with E-state index in [-0.39, 0.29) is 0 Å². The first kappa shape index (κ1) is 96.3. The molecular formula is C144H116. The van der Waals surface area contributed by atoms with Crippen LogP contribution in [-0.4, -0.2) is 0 Å². The van der Waals surface area contributed by atoms with Crippen LogP contribution in [0.1, 0.15) is 33.4 Å². The van der Waals surface area contributed by atoms with Crippen molar-refractivity contribution >= 4 is 0 Å². The van der Waals surface area contributed by atoms with Gasteiger partial charge in [0.1, 0.15) is 0 Å². The minimum Gasteiger partial charge on any atom is -0.0622 e. The van der Waals surface area contributed by atoms with Gasteiger partial charge in [0, 0.05) is 0 Å². The Bertz CT molecular complexity index is 7960. The molecule has 0 aliphatic heterocycles. The highest BCUT2D eigenvalue weighted by atomic mass is 14.2. The molecule has 0 heterocycles. The zero-order valence-electron chi connectivity index (χ0n) is 82.6. The molecule has 692 valence electrons. The monoisotopic (exact) mass is 1840 g/mol. The fraction of sp³-hybridized carbons (Fsp3) is 0.0417. The van der Waals surface area contributed by atoms with Crippen LogP contribution in [0, 0.1) is 41.5 Å². The fourth-order valence-electron chi connectivity index (χ4n) is 18.5. The van der Waals surface area contributed by atoms with E-state index in [9.17, 15) is 0 Å². The van der Waals surface area contributed by atoms with Crippen molar-refractivity contribution in [3.05, 3.63) is 628 Å². The molecule has 0 fully saturated rings. The smallest absolute Gasteiger partial charge is 0.0105 e. The third-order valence-corrected chi connectivity index (χ3v) is 26.4. The summed E-state index contributed by atoms with van der Waals surface area (Å²) >= 11 is 0. The Labute approximate surface area is 852 Å². The summed E-state index contributed by atoms with van der Waals surface area (Å²) in [6, 6.07) is 211. The quantitative estimate of drug-likeness (QED) is 0.0852. The Balaban J connectivity index is 0.000000114. The lowest BCUT2D eigenvalue weighted by molar-refractivity contribution is 1.45. The van der Waals surface area contributed by atoms with Crippen molar-refractivity contribution in [1.29, 1.82) is 0 Å². The lowest BCUT2D eigenvalue weighted by Gasteiger charge is -2.11. The maximum Gasteiger partial charge on any atom is -0.0105 e. The van der Waals surface area contributed by atoms with E-state index in [1.807, 2.05) is 0 Å². The van der Waals surface area contributed by atoms with Gasteiger partial charge in [-0.2, -0.15) is 0 Å². The lowest BCUT2D eigenvalue weighted by atomic mass is 9.93. The minimum absolute atomic E-state index is 1.24. The second kappa shape index (κ2) is 48.1. The molecule has 144 heavy (non-hydrogen) atoms. The van der Waals surface area contributed by atoms with Gasteiger partial charge in [0.25, 0.3) is 0 Å². The van der Waals surface area contributed by atoms with Crippen LogP contribution in [0.4, 0.5) is 0 Å². The van der Waals surface area contributed by atoms with Gasteiger partial charge in [-0.05, 0) is 260 Å². The average molecular weight is 1850 g/mol. The third-order valence-electron chi connectivity index (χ3n) is 26.4. The van der Waals surface area contributed by atoms with E-state index in [0.29, 0.717) is 0 Å². The Morgan fingerprint density at radius 3 is 0.521 bits per heavy atom. The topological polar surface area (TPSA) is 0 Å². The summed E-state index contributed by atoms with van der Waals surface area (Å²) < 4.78 is 0. The summed E-state index contributed by atoms with van der Waals surface area (Å²) in [6.45, 7) is 12.9. The molecule has 0 aliphatic carbocycles. The maximum atomic E-state index is 2.28. The Morgan fingerprint density at radius 2 is 0.236 bits per heavy atom. The summed E-state index contributed by atoms with van der Waals surface area (Å²) in [5.74, 6) is 0. The zero-order chi connectivity index (χ0) is 98.4. The van der Waals surface area contributed by atoms with Crippen molar-refractivity contribution in [3.63, 3.8) is 0 Å². The number of aryl methyl sites for hydroxylation is 5. The predicted octanol–water partition coefficient (Wildman–Crippen LogP) is 40.3. The molecule has 0 saturated heterocycles. The van der Waals surface area contributed by atoms with Crippen LogP contribution >= 0.6 is 0 Å². The first-order valence-corrected chi connectivity index (χ1v) is 49.7. The largest absolute Gasteiger partial charge is 0.0622 e.